The third kappa shape index (κ3) is 3.26. The lowest BCUT2D eigenvalue weighted by molar-refractivity contribution is 0.474. The molecule has 0 atom stereocenters. The summed E-state index contributed by atoms with van der Waals surface area (Å²) in [6.07, 6.45) is 3.09. The van der Waals surface area contributed by atoms with Gasteiger partial charge in [0.1, 0.15) is 12.1 Å². The van der Waals surface area contributed by atoms with E-state index in [4.69, 9.17) is 0 Å². The third-order valence-corrected chi connectivity index (χ3v) is 1.48. The van der Waals surface area contributed by atoms with Gasteiger partial charge in [0.05, 0.1) is 6.21 Å². The zero-order valence-electron chi connectivity index (χ0n) is 8.25. The standard InChI is InChI=1S/C10H13N3O/c1-13(2)8-12-11-7-9-5-3-4-6-10(9)14/h3-8,14H,1-2H3/b11-7-,12-8+. The first-order chi connectivity index (χ1) is 6.70. The molecule has 0 heterocycles. The van der Waals surface area contributed by atoms with E-state index in [1.165, 1.54) is 6.21 Å². The summed E-state index contributed by atoms with van der Waals surface area (Å²) in [5.74, 6) is 0.205. The van der Waals surface area contributed by atoms with Crippen LogP contribution in [0.4, 0.5) is 0 Å². The minimum atomic E-state index is 0.205. The maximum atomic E-state index is 9.37. The summed E-state index contributed by atoms with van der Waals surface area (Å²) in [6.45, 7) is 0. The maximum absolute atomic E-state index is 9.37. The maximum Gasteiger partial charge on any atom is 0.124 e. The molecular weight excluding hydrogens is 178 g/mol. The van der Waals surface area contributed by atoms with Crippen LogP contribution in [0.15, 0.2) is 34.5 Å². The molecule has 0 unspecified atom stereocenters. The summed E-state index contributed by atoms with van der Waals surface area (Å²) in [7, 11) is 3.72. The summed E-state index contributed by atoms with van der Waals surface area (Å²) >= 11 is 0. The largest absolute Gasteiger partial charge is 0.507 e. The molecule has 14 heavy (non-hydrogen) atoms. The topological polar surface area (TPSA) is 48.2 Å². The fraction of sp³-hybridized carbons (Fsp3) is 0.200. The fourth-order valence-electron chi connectivity index (χ4n) is 0.825. The van der Waals surface area contributed by atoms with Gasteiger partial charge in [0.15, 0.2) is 0 Å². The Morgan fingerprint density at radius 3 is 2.57 bits per heavy atom. The molecule has 0 aromatic heterocycles. The Labute approximate surface area is 83.2 Å². The first kappa shape index (κ1) is 10.2. The van der Waals surface area contributed by atoms with Gasteiger partial charge in [0.25, 0.3) is 0 Å². The Morgan fingerprint density at radius 1 is 1.21 bits per heavy atom. The number of nitrogens with zero attached hydrogens (tertiary/aromatic N) is 3. The number of benzene rings is 1. The molecule has 74 valence electrons. The van der Waals surface area contributed by atoms with Gasteiger partial charge in [-0.1, -0.05) is 12.1 Å². The van der Waals surface area contributed by atoms with Crippen LogP contribution in [0.1, 0.15) is 5.56 Å². The van der Waals surface area contributed by atoms with Gasteiger partial charge in [-0.05, 0) is 12.1 Å². The number of hydrogen-bond donors (Lipinski definition) is 1. The van der Waals surface area contributed by atoms with Gasteiger partial charge >= 0.3 is 0 Å². The lowest BCUT2D eigenvalue weighted by atomic mass is 10.2. The summed E-state index contributed by atoms with van der Waals surface area (Å²) in [4.78, 5) is 1.78. The predicted molar refractivity (Wildman–Crippen MR) is 57.9 cm³/mol. The average Bonchev–Trinajstić information content (AvgIpc) is 2.15. The number of rotatable bonds is 3. The van der Waals surface area contributed by atoms with Crippen molar-refractivity contribution < 1.29 is 5.11 Å². The Kier molecular flexibility index (Phi) is 3.67. The molecule has 0 spiro atoms. The van der Waals surface area contributed by atoms with Gasteiger partial charge in [0, 0.05) is 19.7 Å². The molecule has 0 radical (unpaired) electrons. The van der Waals surface area contributed by atoms with E-state index in [0.29, 0.717) is 5.56 Å². The highest BCUT2D eigenvalue weighted by atomic mass is 16.3. The van der Waals surface area contributed by atoms with Crippen LogP contribution >= 0.6 is 0 Å². The van der Waals surface area contributed by atoms with E-state index in [0.717, 1.165) is 0 Å². The van der Waals surface area contributed by atoms with Gasteiger partial charge in [-0.3, -0.25) is 0 Å². The van der Waals surface area contributed by atoms with Crippen LogP contribution in [0, 0.1) is 0 Å². The van der Waals surface area contributed by atoms with Crippen LogP contribution < -0.4 is 0 Å². The van der Waals surface area contributed by atoms with E-state index in [9.17, 15) is 5.11 Å². The highest BCUT2D eigenvalue weighted by molar-refractivity contribution is 5.83. The van der Waals surface area contributed by atoms with Gasteiger partial charge in [0.2, 0.25) is 0 Å². The van der Waals surface area contributed by atoms with E-state index in [1.807, 2.05) is 20.2 Å². The zero-order chi connectivity index (χ0) is 10.4. The van der Waals surface area contributed by atoms with E-state index >= 15 is 0 Å². The van der Waals surface area contributed by atoms with Crippen molar-refractivity contribution in [1.82, 2.24) is 4.90 Å². The quantitative estimate of drug-likeness (QED) is 0.445. The van der Waals surface area contributed by atoms with Crippen LogP contribution in [0.2, 0.25) is 0 Å². The predicted octanol–water partition coefficient (Wildman–Crippen LogP) is 1.32. The van der Waals surface area contributed by atoms with Crippen LogP contribution in [-0.2, 0) is 0 Å². The number of phenols is 1. The smallest absolute Gasteiger partial charge is 0.124 e. The minimum Gasteiger partial charge on any atom is -0.507 e. The SMILES string of the molecule is CN(C)/C=N/N=C\c1ccccc1O. The molecule has 1 aromatic carbocycles. The first-order valence-electron chi connectivity index (χ1n) is 4.21. The van der Waals surface area contributed by atoms with Crippen LogP contribution in [-0.4, -0.2) is 36.7 Å². The normalized spacial score (nSPS) is 11.3. The molecule has 0 aliphatic heterocycles. The number of para-hydroxylation sites is 1. The van der Waals surface area contributed by atoms with Gasteiger partial charge in [-0.15, -0.1) is 5.10 Å². The second-order valence-corrected chi connectivity index (χ2v) is 3.00. The second kappa shape index (κ2) is 5.01. The fourth-order valence-corrected chi connectivity index (χ4v) is 0.825. The van der Waals surface area contributed by atoms with Gasteiger partial charge in [-0.2, -0.15) is 5.10 Å². The van der Waals surface area contributed by atoms with Gasteiger partial charge in [-0.25, -0.2) is 0 Å². The second-order valence-electron chi connectivity index (χ2n) is 3.00. The molecule has 1 aromatic rings. The summed E-state index contributed by atoms with van der Waals surface area (Å²) in [5.41, 5.74) is 0.656. The summed E-state index contributed by atoms with van der Waals surface area (Å²) < 4.78 is 0. The monoisotopic (exact) mass is 191 g/mol. The molecule has 0 fully saturated rings. The molecule has 0 amide bonds. The van der Waals surface area contributed by atoms with Crippen LogP contribution in [0.25, 0.3) is 0 Å². The van der Waals surface area contributed by atoms with Crippen LogP contribution in [0.5, 0.6) is 5.75 Å². The Bertz CT molecular complexity index is 345. The molecule has 1 rings (SSSR count). The van der Waals surface area contributed by atoms with Crippen LogP contribution in [0.3, 0.4) is 0 Å². The summed E-state index contributed by atoms with van der Waals surface area (Å²) in [6, 6.07) is 6.97. The van der Waals surface area contributed by atoms with Crippen molar-refractivity contribution in [2.45, 2.75) is 0 Å². The number of hydrogen-bond acceptors (Lipinski definition) is 3. The van der Waals surface area contributed by atoms with Crippen molar-refractivity contribution in [2.24, 2.45) is 10.2 Å². The van der Waals surface area contributed by atoms with Gasteiger partial charge < -0.3 is 10.0 Å². The molecule has 0 saturated carbocycles. The lowest BCUT2D eigenvalue weighted by Crippen LogP contribution is -2.06. The number of aromatic hydroxyl groups is 1. The zero-order valence-corrected chi connectivity index (χ0v) is 8.25. The van der Waals surface area contributed by atoms with Crippen molar-refractivity contribution >= 4 is 12.6 Å². The molecule has 1 N–H and O–H groups in total. The molecule has 0 bridgehead atoms. The third-order valence-electron chi connectivity index (χ3n) is 1.48. The van der Waals surface area contributed by atoms with Crippen molar-refractivity contribution in [3.8, 4) is 5.75 Å². The Morgan fingerprint density at radius 2 is 1.93 bits per heavy atom. The van der Waals surface area contributed by atoms with Crippen molar-refractivity contribution in [1.29, 1.82) is 0 Å². The molecule has 0 saturated heterocycles. The Balaban J connectivity index is 2.65. The minimum absolute atomic E-state index is 0.205. The Hall–Kier alpha value is -1.84. The average molecular weight is 191 g/mol. The molecular formula is C10H13N3O. The van der Waals surface area contributed by atoms with E-state index < -0.39 is 0 Å². The number of phenolic OH excluding ortho intramolecular Hbond substituents is 1. The van der Waals surface area contributed by atoms with E-state index in [-0.39, 0.29) is 5.75 Å². The van der Waals surface area contributed by atoms with E-state index in [1.54, 1.807) is 29.4 Å². The lowest BCUT2D eigenvalue weighted by Gasteiger charge is -1.99. The molecule has 0 aliphatic rings. The summed E-state index contributed by atoms with van der Waals surface area (Å²) in [5, 5.41) is 16.9. The van der Waals surface area contributed by atoms with Crippen molar-refractivity contribution in [2.75, 3.05) is 14.1 Å². The van der Waals surface area contributed by atoms with Crippen molar-refractivity contribution in [3.05, 3.63) is 29.8 Å². The first-order valence-corrected chi connectivity index (χ1v) is 4.21. The molecule has 4 nitrogen and oxygen atoms in total. The van der Waals surface area contributed by atoms with Crippen molar-refractivity contribution in [3.63, 3.8) is 0 Å². The highest BCUT2D eigenvalue weighted by Gasteiger charge is 1.93. The molecule has 4 heteroatoms. The highest BCUT2D eigenvalue weighted by Crippen LogP contribution is 2.12. The van der Waals surface area contributed by atoms with E-state index in [2.05, 4.69) is 10.2 Å². The molecule has 0 aliphatic carbocycles.